The molecule has 1 aromatic carbocycles. The van der Waals surface area contributed by atoms with Gasteiger partial charge in [0.1, 0.15) is 6.10 Å². The zero-order valence-electron chi connectivity index (χ0n) is 8.30. The van der Waals surface area contributed by atoms with Crippen LogP contribution in [0.5, 0.6) is 0 Å². The second kappa shape index (κ2) is 5.69. The van der Waals surface area contributed by atoms with E-state index in [1.807, 2.05) is 5.32 Å². The molecule has 0 spiro atoms. The van der Waals surface area contributed by atoms with Crippen molar-refractivity contribution in [2.45, 2.75) is 12.1 Å². The molecule has 5 nitrogen and oxygen atoms in total. The highest BCUT2D eigenvalue weighted by molar-refractivity contribution is 6.30. The third-order valence-electron chi connectivity index (χ3n) is 2.08. The lowest BCUT2D eigenvalue weighted by Gasteiger charge is -2.21. The summed E-state index contributed by atoms with van der Waals surface area (Å²) in [7, 11) is 0. The van der Waals surface area contributed by atoms with Crippen LogP contribution in [0.4, 0.5) is 4.79 Å². The number of rotatable bonds is 4. The predicted octanol–water partition coefficient (Wildman–Crippen LogP) is 1.00. The first-order valence-corrected chi connectivity index (χ1v) is 4.96. The van der Waals surface area contributed by atoms with E-state index in [0.717, 1.165) is 0 Å². The third-order valence-corrected chi connectivity index (χ3v) is 2.31. The minimum Gasteiger partial charge on any atom is -0.465 e. The smallest absolute Gasteiger partial charge is 0.405 e. The van der Waals surface area contributed by atoms with E-state index in [-0.39, 0.29) is 0 Å². The first kappa shape index (κ1) is 12.8. The molecular weight excluding hydrogens is 234 g/mol. The molecule has 88 valence electrons. The Labute approximate surface area is 97.3 Å². The van der Waals surface area contributed by atoms with Gasteiger partial charge in [0, 0.05) is 5.02 Å². The number of aliphatic hydroxyl groups excluding tert-OH is 2. The molecule has 0 bridgehead atoms. The van der Waals surface area contributed by atoms with Crippen molar-refractivity contribution in [2.75, 3.05) is 6.61 Å². The Morgan fingerprint density at radius 2 is 2.19 bits per heavy atom. The Bertz CT molecular complexity index is 372. The van der Waals surface area contributed by atoms with E-state index in [9.17, 15) is 9.90 Å². The van der Waals surface area contributed by atoms with Gasteiger partial charge in [-0.25, -0.2) is 4.79 Å². The van der Waals surface area contributed by atoms with Gasteiger partial charge in [-0.15, -0.1) is 0 Å². The van der Waals surface area contributed by atoms with Gasteiger partial charge in [-0.2, -0.15) is 0 Å². The summed E-state index contributed by atoms with van der Waals surface area (Å²) >= 11 is 5.73. The van der Waals surface area contributed by atoms with Crippen LogP contribution in [0.3, 0.4) is 0 Å². The number of hydrogen-bond acceptors (Lipinski definition) is 3. The zero-order valence-corrected chi connectivity index (χ0v) is 9.05. The SMILES string of the molecule is O=C(O)N[C@H](CO)[C@H](O)c1cccc(Cl)c1. The van der Waals surface area contributed by atoms with Gasteiger partial charge in [-0.1, -0.05) is 23.7 Å². The van der Waals surface area contributed by atoms with Crippen molar-refractivity contribution in [1.29, 1.82) is 0 Å². The molecule has 1 rings (SSSR count). The predicted molar refractivity (Wildman–Crippen MR) is 58.4 cm³/mol. The summed E-state index contributed by atoms with van der Waals surface area (Å²) < 4.78 is 0. The Morgan fingerprint density at radius 1 is 1.50 bits per heavy atom. The third kappa shape index (κ3) is 3.37. The maximum Gasteiger partial charge on any atom is 0.405 e. The maximum atomic E-state index is 10.4. The van der Waals surface area contributed by atoms with E-state index in [4.69, 9.17) is 21.8 Å². The summed E-state index contributed by atoms with van der Waals surface area (Å²) in [6, 6.07) is 5.41. The molecule has 0 aliphatic rings. The highest BCUT2D eigenvalue weighted by Crippen LogP contribution is 2.20. The Morgan fingerprint density at radius 3 is 2.69 bits per heavy atom. The molecule has 0 heterocycles. The average molecular weight is 246 g/mol. The normalized spacial score (nSPS) is 14.2. The van der Waals surface area contributed by atoms with Crippen molar-refractivity contribution in [1.82, 2.24) is 5.32 Å². The van der Waals surface area contributed by atoms with Crippen LogP contribution in [0.1, 0.15) is 11.7 Å². The van der Waals surface area contributed by atoms with Gasteiger partial charge >= 0.3 is 6.09 Å². The van der Waals surface area contributed by atoms with Gasteiger partial charge in [0.25, 0.3) is 0 Å². The summed E-state index contributed by atoms with van der Waals surface area (Å²) in [4.78, 5) is 10.4. The monoisotopic (exact) mass is 245 g/mol. The van der Waals surface area contributed by atoms with Crippen LogP contribution in [0.15, 0.2) is 24.3 Å². The van der Waals surface area contributed by atoms with Crippen LogP contribution >= 0.6 is 11.6 Å². The molecule has 0 aliphatic carbocycles. The van der Waals surface area contributed by atoms with Crippen LogP contribution in [-0.2, 0) is 0 Å². The number of nitrogens with one attached hydrogen (secondary N) is 1. The summed E-state index contributed by atoms with van der Waals surface area (Å²) in [5.41, 5.74) is 0.445. The van der Waals surface area contributed by atoms with E-state index in [2.05, 4.69) is 0 Å². The van der Waals surface area contributed by atoms with Gasteiger partial charge in [-0.05, 0) is 17.7 Å². The van der Waals surface area contributed by atoms with Crippen LogP contribution in [0.2, 0.25) is 5.02 Å². The first-order chi connectivity index (χ1) is 7.54. The molecule has 2 atom stereocenters. The summed E-state index contributed by atoms with van der Waals surface area (Å²) in [6.45, 7) is -0.500. The molecule has 0 aliphatic heterocycles. The van der Waals surface area contributed by atoms with Crippen molar-refractivity contribution in [2.24, 2.45) is 0 Å². The lowest BCUT2D eigenvalue weighted by atomic mass is 10.0. The maximum absolute atomic E-state index is 10.4. The number of halogens is 1. The van der Waals surface area contributed by atoms with Crippen molar-refractivity contribution in [3.63, 3.8) is 0 Å². The van der Waals surface area contributed by atoms with Crippen LogP contribution in [-0.4, -0.2) is 34.1 Å². The Balaban J connectivity index is 2.82. The lowest BCUT2D eigenvalue weighted by molar-refractivity contribution is 0.0868. The molecule has 0 unspecified atom stereocenters. The largest absolute Gasteiger partial charge is 0.465 e. The van der Waals surface area contributed by atoms with E-state index in [0.29, 0.717) is 10.6 Å². The lowest BCUT2D eigenvalue weighted by Crippen LogP contribution is -2.41. The molecule has 4 N–H and O–H groups in total. The summed E-state index contributed by atoms with van der Waals surface area (Å²) in [6.07, 6.45) is -2.44. The average Bonchev–Trinajstić information content (AvgIpc) is 2.24. The quantitative estimate of drug-likeness (QED) is 0.637. The number of carboxylic acid groups (broad SMARTS) is 1. The van der Waals surface area contributed by atoms with Crippen LogP contribution in [0, 0.1) is 0 Å². The first-order valence-electron chi connectivity index (χ1n) is 4.58. The van der Waals surface area contributed by atoms with Crippen molar-refractivity contribution >= 4 is 17.7 Å². The number of benzene rings is 1. The number of carbonyl (C=O) groups is 1. The van der Waals surface area contributed by atoms with E-state index in [1.54, 1.807) is 18.2 Å². The number of aliphatic hydroxyl groups is 2. The molecule has 0 saturated heterocycles. The molecule has 1 amide bonds. The van der Waals surface area contributed by atoms with Crippen molar-refractivity contribution in [3.05, 3.63) is 34.9 Å². The minimum absolute atomic E-state index is 0.434. The van der Waals surface area contributed by atoms with Crippen molar-refractivity contribution in [3.8, 4) is 0 Å². The number of amides is 1. The van der Waals surface area contributed by atoms with Crippen LogP contribution < -0.4 is 5.32 Å². The highest BCUT2D eigenvalue weighted by atomic mass is 35.5. The van der Waals surface area contributed by atoms with Gasteiger partial charge in [0.15, 0.2) is 0 Å². The molecule has 6 heteroatoms. The fraction of sp³-hybridized carbons (Fsp3) is 0.300. The fourth-order valence-corrected chi connectivity index (χ4v) is 1.50. The summed E-state index contributed by atoms with van der Waals surface area (Å²) in [5, 5.41) is 29.7. The van der Waals surface area contributed by atoms with Gasteiger partial charge < -0.3 is 20.6 Å². The van der Waals surface area contributed by atoms with Gasteiger partial charge in [-0.3, -0.25) is 0 Å². The molecular formula is C10H12ClNO4. The molecule has 0 aromatic heterocycles. The Kier molecular flexibility index (Phi) is 4.54. The molecule has 0 saturated carbocycles. The highest BCUT2D eigenvalue weighted by Gasteiger charge is 2.21. The molecule has 0 radical (unpaired) electrons. The molecule has 16 heavy (non-hydrogen) atoms. The minimum atomic E-state index is -1.31. The van der Waals surface area contributed by atoms with E-state index < -0.39 is 24.8 Å². The molecule has 0 fully saturated rings. The molecule has 1 aromatic rings. The second-order valence-electron chi connectivity index (χ2n) is 3.24. The zero-order chi connectivity index (χ0) is 12.1. The Hall–Kier alpha value is -1.30. The van der Waals surface area contributed by atoms with E-state index >= 15 is 0 Å². The fourth-order valence-electron chi connectivity index (χ4n) is 1.31. The second-order valence-corrected chi connectivity index (χ2v) is 3.67. The van der Waals surface area contributed by atoms with Crippen molar-refractivity contribution < 1.29 is 20.1 Å². The topological polar surface area (TPSA) is 89.8 Å². The standard InChI is InChI=1S/C10H12ClNO4/c11-7-3-1-2-6(4-7)9(14)8(5-13)12-10(15)16/h1-4,8-9,12-14H,5H2,(H,15,16)/t8-,9-/m1/s1. The van der Waals surface area contributed by atoms with E-state index in [1.165, 1.54) is 6.07 Å². The number of hydrogen-bond donors (Lipinski definition) is 4. The van der Waals surface area contributed by atoms with Gasteiger partial charge in [0.05, 0.1) is 12.6 Å². The van der Waals surface area contributed by atoms with Crippen LogP contribution in [0.25, 0.3) is 0 Å². The van der Waals surface area contributed by atoms with Gasteiger partial charge in [0.2, 0.25) is 0 Å². The summed E-state index contributed by atoms with van der Waals surface area (Å²) in [5.74, 6) is 0.